The van der Waals surface area contributed by atoms with Crippen LogP contribution in [0, 0.1) is 5.92 Å². The Morgan fingerprint density at radius 2 is 2.07 bits per heavy atom. The summed E-state index contributed by atoms with van der Waals surface area (Å²) in [5.74, 6) is 0.256. The van der Waals surface area contributed by atoms with Gasteiger partial charge in [0.2, 0.25) is 0 Å². The topological polar surface area (TPSA) is 61.6 Å². The number of carbonyl (C=O) groups excluding carboxylic acids is 1. The van der Waals surface area contributed by atoms with E-state index in [0.29, 0.717) is 12.5 Å². The van der Waals surface area contributed by atoms with Gasteiger partial charge in [0.05, 0.1) is 6.61 Å². The van der Waals surface area contributed by atoms with Crippen molar-refractivity contribution in [3.8, 4) is 0 Å². The van der Waals surface area contributed by atoms with Crippen LogP contribution in [0.15, 0.2) is 0 Å². The fourth-order valence-electron chi connectivity index (χ4n) is 2.01. The van der Waals surface area contributed by atoms with Crippen LogP contribution in [0.3, 0.4) is 0 Å². The Labute approximate surface area is 90.1 Å². The molecule has 0 radical (unpaired) electrons. The third-order valence-electron chi connectivity index (χ3n) is 3.44. The van der Waals surface area contributed by atoms with Crippen LogP contribution < -0.4 is 5.73 Å². The predicted molar refractivity (Wildman–Crippen MR) is 55.3 cm³/mol. The fourth-order valence-corrected chi connectivity index (χ4v) is 2.01. The first-order valence-electron chi connectivity index (χ1n) is 5.74. The molecule has 86 valence electrons. The van der Waals surface area contributed by atoms with E-state index in [1.54, 1.807) is 0 Å². The average molecular weight is 213 g/mol. The SMILES string of the molecule is NC1(C(=O)OCC2CCOCC2)CCC1. The lowest BCUT2D eigenvalue weighted by Crippen LogP contribution is -2.54. The second kappa shape index (κ2) is 4.49. The van der Waals surface area contributed by atoms with Crippen molar-refractivity contribution in [2.45, 2.75) is 37.6 Å². The molecule has 15 heavy (non-hydrogen) atoms. The smallest absolute Gasteiger partial charge is 0.326 e. The van der Waals surface area contributed by atoms with E-state index in [0.717, 1.165) is 45.3 Å². The van der Waals surface area contributed by atoms with Crippen LogP contribution in [-0.4, -0.2) is 31.3 Å². The highest BCUT2D eigenvalue weighted by Crippen LogP contribution is 2.30. The molecule has 0 spiro atoms. The molecule has 2 aliphatic rings. The molecule has 0 aromatic heterocycles. The number of hydrogen-bond donors (Lipinski definition) is 1. The Bertz CT molecular complexity index is 232. The van der Waals surface area contributed by atoms with Crippen LogP contribution in [0.25, 0.3) is 0 Å². The van der Waals surface area contributed by atoms with Crippen molar-refractivity contribution >= 4 is 5.97 Å². The lowest BCUT2D eigenvalue weighted by Gasteiger charge is -2.35. The van der Waals surface area contributed by atoms with Crippen molar-refractivity contribution in [3.63, 3.8) is 0 Å². The van der Waals surface area contributed by atoms with Gasteiger partial charge in [-0.25, -0.2) is 0 Å². The van der Waals surface area contributed by atoms with Gasteiger partial charge in [-0.15, -0.1) is 0 Å². The maximum absolute atomic E-state index is 11.6. The Balaban J connectivity index is 1.70. The highest BCUT2D eigenvalue weighted by molar-refractivity contribution is 5.81. The molecule has 0 aromatic carbocycles. The van der Waals surface area contributed by atoms with Gasteiger partial charge >= 0.3 is 5.97 Å². The van der Waals surface area contributed by atoms with Crippen molar-refractivity contribution < 1.29 is 14.3 Å². The van der Waals surface area contributed by atoms with E-state index in [1.165, 1.54) is 0 Å². The Morgan fingerprint density at radius 1 is 1.40 bits per heavy atom. The highest BCUT2D eigenvalue weighted by Gasteiger charge is 2.41. The third-order valence-corrected chi connectivity index (χ3v) is 3.44. The first-order valence-corrected chi connectivity index (χ1v) is 5.74. The van der Waals surface area contributed by atoms with Crippen molar-refractivity contribution in [2.75, 3.05) is 19.8 Å². The molecule has 2 rings (SSSR count). The van der Waals surface area contributed by atoms with E-state index in [4.69, 9.17) is 15.2 Å². The van der Waals surface area contributed by atoms with Gasteiger partial charge in [-0.3, -0.25) is 4.79 Å². The minimum atomic E-state index is -0.662. The first-order chi connectivity index (χ1) is 7.21. The Kier molecular flexibility index (Phi) is 3.26. The number of nitrogens with two attached hydrogens (primary N) is 1. The summed E-state index contributed by atoms with van der Waals surface area (Å²) in [6, 6.07) is 0. The monoisotopic (exact) mass is 213 g/mol. The number of ether oxygens (including phenoxy) is 2. The third kappa shape index (κ3) is 2.49. The summed E-state index contributed by atoms with van der Waals surface area (Å²) in [6.45, 7) is 2.09. The summed E-state index contributed by atoms with van der Waals surface area (Å²) in [4.78, 5) is 11.6. The summed E-state index contributed by atoms with van der Waals surface area (Å²) in [7, 11) is 0. The van der Waals surface area contributed by atoms with E-state index in [-0.39, 0.29) is 5.97 Å². The van der Waals surface area contributed by atoms with Gasteiger partial charge in [-0.2, -0.15) is 0 Å². The van der Waals surface area contributed by atoms with Gasteiger partial charge in [0.15, 0.2) is 0 Å². The average Bonchev–Trinajstić information content (AvgIpc) is 2.24. The van der Waals surface area contributed by atoms with Gasteiger partial charge in [0.1, 0.15) is 5.54 Å². The molecule has 4 nitrogen and oxygen atoms in total. The minimum Gasteiger partial charge on any atom is -0.464 e. The van der Waals surface area contributed by atoms with Crippen LogP contribution in [0.1, 0.15) is 32.1 Å². The van der Waals surface area contributed by atoms with Gasteiger partial charge in [-0.05, 0) is 38.0 Å². The molecule has 1 aliphatic heterocycles. The summed E-state index contributed by atoms with van der Waals surface area (Å²) >= 11 is 0. The molecule has 0 aromatic rings. The molecule has 0 bridgehead atoms. The molecule has 1 saturated heterocycles. The van der Waals surface area contributed by atoms with Crippen molar-refractivity contribution in [3.05, 3.63) is 0 Å². The summed E-state index contributed by atoms with van der Waals surface area (Å²) in [5, 5.41) is 0. The molecule has 1 aliphatic carbocycles. The number of rotatable bonds is 3. The van der Waals surface area contributed by atoms with E-state index in [1.807, 2.05) is 0 Å². The first kappa shape index (κ1) is 10.9. The minimum absolute atomic E-state index is 0.208. The van der Waals surface area contributed by atoms with Gasteiger partial charge < -0.3 is 15.2 Å². The number of carbonyl (C=O) groups is 1. The molecule has 1 heterocycles. The molecule has 0 amide bonds. The van der Waals surface area contributed by atoms with E-state index < -0.39 is 5.54 Å². The predicted octanol–water partition coefficient (Wildman–Crippen LogP) is 0.838. The number of esters is 1. The summed E-state index contributed by atoms with van der Waals surface area (Å²) in [5.41, 5.74) is 5.20. The lowest BCUT2D eigenvalue weighted by atomic mass is 9.78. The summed E-state index contributed by atoms with van der Waals surface area (Å²) in [6.07, 6.45) is 4.58. The van der Waals surface area contributed by atoms with E-state index in [2.05, 4.69) is 0 Å². The Hall–Kier alpha value is -0.610. The molecule has 1 saturated carbocycles. The molecule has 0 atom stereocenters. The van der Waals surface area contributed by atoms with Gasteiger partial charge in [0, 0.05) is 13.2 Å². The van der Waals surface area contributed by atoms with Crippen LogP contribution in [-0.2, 0) is 14.3 Å². The van der Waals surface area contributed by atoms with E-state index >= 15 is 0 Å². The molecule has 4 heteroatoms. The van der Waals surface area contributed by atoms with Crippen LogP contribution in [0.2, 0.25) is 0 Å². The zero-order chi connectivity index (χ0) is 10.7. The largest absolute Gasteiger partial charge is 0.464 e. The van der Waals surface area contributed by atoms with Crippen LogP contribution in [0.5, 0.6) is 0 Å². The highest BCUT2D eigenvalue weighted by atomic mass is 16.5. The maximum Gasteiger partial charge on any atom is 0.326 e. The zero-order valence-corrected chi connectivity index (χ0v) is 9.04. The zero-order valence-electron chi connectivity index (χ0n) is 9.04. The van der Waals surface area contributed by atoms with Crippen molar-refractivity contribution in [1.29, 1.82) is 0 Å². The van der Waals surface area contributed by atoms with Gasteiger partial charge in [0.25, 0.3) is 0 Å². The second-order valence-electron chi connectivity index (χ2n) is 4.66. The van der Waals surface area contributed by atoms with Crippen molar-refractivity contribution in [2.24, 2.45) is 11.7 Å². The second-order valence-corrected chi connectivity index (χ2v) is 4.66. The Morgan fingerprint density at radius 3 is 2.60 bits per heavy atom. The normalized spacial score (nSPS) is 25.7. The van der Waals surface area contributed by atoms with Crippen molar-refractivity contribution in [1.82, 2.24) is 0 Å². The molecular weight excluding hydrogens is 194 g/mol. The van der Waals surface area contributed by atoms with Gasteiger partial charge in [-0.1, -0.05) is 0 Å². The molecule has 2 fully saturated rings. The standard InChI is InChI=1S/C11H19NO3/c12-11(4-1-5-11)10(13)15-8-9-2-6-14-7-3-9/h9H,1-8,12H2. The van der Waals surface area contributed by atoms with Crippen LogP contribution >= 0.6 is 0 Å². The lowest BCUT2D eigenvalue weighted by molar-refractivity contribution is -0.155. The number of hydrogen-bond acceptors (Lipinski definition) is 4. The van der Waals surface area contributed by atoms with E-state index in [9.17, 15) is 4.79 Å². The molecular formula is C11H19NO3. The fraction of sp³-hybridized carbons (Fsp3) is 0.909. The molecule has 0 unspecified atom stereocenters. The summed E-state index contributed by atoms with van der Waals surface area (Å²) < 4.78 is 10.5. The molecule has 2 N–H and O–H groups in total. The quantitative estimate of drug-likeness (QED) is 0.706. The van der Waals surface area contributed by atoms with Crippen LogP contribution in [0.4, 0.5) is 0 Å². The maximum atomic E-state index is 11.6.